The van der Waals surface area contributed by atoms with Crippen LogP contribution < -0.4 is 5.32 Å². The number of hydrogen-bond acceptors (Lipinski definition) is 5. The Bertz CT molecular complexity index is 321. The lowest BCUT2D eigenvalue weighted by Crippen LogP contribution is -2.42. The number of aliphatic hydroxyl groups is 1. The van der Waals surface area contributed by atoms with E-state index >= 15 is 0 Å². The van der Waals surface area contributed by atoms with E-state index in [4.69, 9.17) is 24.4 Å². The van der Waals surface area contributed by atoms with Gasteiger partial charge in [0, 0.05) is 0 Å². The molecule has 1 amide bonds. The van der Waals surface area contributed by atoms with Crippen molar-refractivity contribution in [2.75, 3.05) is 13.2 Å². The third kappa shape index (κ3) is 2.74. The van der Waals surface area contributed by atoms with Gasteiger partial charge in [-0.15, -0.1) is 0 Å². The molecular formula is C11H19NO6. The second-order valence-electron chi connectivity index (χ2n) is 4.99. The summed E-state index contributed by atoms with van der Waals surface area (Å²) in [7, 11) is 0. The van der Waals surface area contributed by atoms with E-state index in [-0.39, 0.29) is 37.6 Å². The first-order valence-corrected chi connectivity index (χ1v) is 6.00. The largest absolute Gasteiger partial charge is 0.465 e. The molecule has 18 heavy (non-hydrogen) atoms. The highest BCUT2D eigenvalue weighted by Crippen LogP contribution is 2.39. The Balaban J connectivity index is 2.05. The van der Waals surface area contributed by atoms with Gasteiger partial charge in [-0.1, -0.05) is 0 Å². The van der Waals surface area contributed by atoms with Crippen molar-refractivity contribution in [3.8, 4) is 0 Å². The number of ether oxygens (including phenoxy) is 3. The Hall–Kier alpha value is -0.890. The molecule has 1 heterocycles. The molecule has 0 aromatic rings. The molecule has 0 aromatic heterocycles. The maximum atomic E-state index is 10.7. The molecule has 0 spiro atoms. The van der Waals surface area contributed by atoms with Gasteiger partial charge in [0.1, 0.15) is 12.2 Å². The van der Waals surface area contributed by atoms with Gasteiger partial charge in [-0.25, -0.2) is 4.79 Å². The van der Waals surface area contributed by atoms with Gasteiger partial charge in [0.15, 0.2) is 5.79 Å². The number of nitrogens with one attached hydrogen (secondary N) is 1. The molecule has 0 aromatic carbocycles. The summed E-state index contributed by atoms with van der Waals surface area (Å²) in [5, 5.41) is 20.0. The highest BCUT2D eigenvalue weighted by atomic mass is 16.8. The fourth-order valence-electron chi connectivity index (χ4n) is 2.60. The van der Waals surface area contributed by atoms with Crippen LogP contribution in [0.15, 0.2) is 0 Å². The smallest absolute Gasteiger partial charge is 0.404 e. The predicted molar refractivity (Wildman–Crippen MR) is 60.2 cm³/mol. The van der Waals surface area contributed by atoms with Crippen molar-refractivity contribution < 1.29 is 29.2 Å². The number of rotatable bonds is 4. The molecule has 3 N–H and O–H groups in total. The molecule has 7 heteroatoms. The molecule has 2 rings (SSSR count). The Labute approximate surface area is 105 Å². The van der Waals surface area contributed by atoms with Gasteiger partial charge in [0.2, 0.25) is 0 Å². The number of amides is 1. The molecular weight excluding hydrogens is 242 g/mol. The molecule has 1 saturated carbocycles. The van der Waals surface area contributed by atoms with Crippen LogP contribution in [0.3, 0.4) is 0 Å². The van der Waals surface area contributed by atoms with Crippen LogP contribution in [-0.4, -0.2) is 59.7 Å². The Morgan fingerprint density at radius 2 is 2.11 bits per heavy atom. The monoisotopic (exact) mass is 261 g/mol. The van der Waals surface area contributed by atoms with E-state index in [1.807, 2.05) is 0 Å². The van der Waals surface area contributed by atoms with Crippen LogP contribution in [0.25, 0.3) is 0 Å². The fraction of sp³-hybridized carbons (Fsp3) is 0.909. The lowest BCUT2D eigenvalue weighted by molar-refractivity contribution is -0.169. The van der Waals surface area contributed by atoms with Crippen LogP contribution in [0.5, 0.6) is 0 Å². The summed E-state index contributed by atoms with van der Waals surface area (Å²) in [6.45, 7) is 3.70. The Morgan fingerprint density at radius 3 is 2.72 bits per heavy atom. The van der Waals surface area contributed by atoms with Crippen LogP contribution in [0.1, 0.15) is 20.3 Å². The van der Waals surface area contributed by atoms with E-state index in [9.17, 15) is 4.79 Å². The van der Waals surface area contributed by atoms with Crippen molar-refractivity contribution in [3.05, 3.63) is 0 Å². The van der Waals surface area contributed by atoms with Gasteiger partial charge >= 0.3 is 6.09 Å². The van der Waals surface area contributed by atoms with Gasteiger partial charge in [0.05, 0.1) is 25.4 Å². The molecule has 7 nitrogen and oxygen atoms in total. The van der Waals surface area contributed by atoms with Crippen LogP contribution in [-0.2, 0) is 14.2 Å². The van der Waals surface area contributed by atoms with Gasteiger partial charge in [-0.05, 0) is 20.3 Å². The Morgan fingerprint density at radius 1 is 1.44 bits per heavy atom. The standard InChI is InChI=1S/C11H19NO6/c1-11(2)17-8-6(12-10(14)15)5-7(9(8)18-11)16-4-3-13/h6-9,12-13H,3-5H2,1-2H3,(H,14,15)/t6-,7+,8+,9?/m1/s1. The normalized spacial score (nSPS) is 37.5. The van der Waals surface area contributed by atoms with E-state index < -0.39 is 11.9 Å². The van der Waals surface area contributed by atoms with Gasteiger partial charge in [0.25, 0.3) is 0 Å². The molecule has 4 atom stereocenters. The number of aliphatic hydroxyl groups excluding tert-OH is 1. The van der Waals surface area contributed by atoms with E-state index in [1.54, 1.807) is 13.8 Å². The average Bonchev–Trinajstić information content (AvgIpc) is 2.71. The molecule has 0 radical (unpaired) electrons. The van der Waals surface area contributed by atoms with Crippen LogP contribution in [0.2, 0.25) is 0 Å². The molecule has 1 unspecified atom stereocenters. The summed E-state index contributed by atoms with van der Waals surface area (Å²) in [6.07, 6.45) is -1.52. The zero-order chi connectivity index (χ0) is 13.3. The van der Waals surface area contributed by atoms with Crippen LogP contribution >= 0.6 is 0 Å². The predicted octanol–water partition coefficient (Wildman–Crippen LogP) is -0.0761. The average molecular weight is 261 g/mol. The summed E-state index contributed by atoms with van der Waals surface area (Å²) in [5.74, 6) is -0.741. The summed E-state index contributed by atoms with van der Waals surface area (Å²) in [4.78, 5) is 10.7. The molecule has 0 bridgehead atoms. The van der Waals surface area contributed by atoms with Crippen LogP contribution in [0.4, 0.5) is 4.79 Å². The van der Waals surface area contributed by atoms with Crippen LogP contribution in [0, 0.1) is 0 Å². The number of fused-ring (bicyclic) bond motifs is 1. The topological polar surface area (TPSA) is 97.2 Å². The van der Waals surface area contributed by atoms with Gasteiger partial charge in [-0.2, -0.15) is 0 Å². The quantitative estimate of drug-likeness (QED) is 0.655. The summed E-state index contributed by atoms with van der Waals surface area (Å²) >= 11 is 0. The maximum Gasteiger partial charge on any atom is 0.404 e. The summed E-state index contributed by atoms with van der Waals surface area (Å²) in [5.41, 5.74) is 0. The molecule has 104 valence electrons. The first-order chi connectivity index (χ1) is 8.43. The molecule has 1 aliphatic heterocycles. The second-order valence-corrected chi connectivity index (χ2v) is 4.99. The highest BCUT2D eigenvalue weighted by Gasteiger charge is 2.55. The fourth-order valence-corrected chi connectivity index (χ4v) is 2.60. The van der Waals surface area contributed by atoms with E-state index in [0.29, 0.717) is 6.42 Å². The summed E-state index contributed by atoms with van der Waals surface area (Å²) in [6, 6.07) is -0.349. The minimum atomic E-state index is -1.09. The highest BCUT2D eigenvalue weighted by molar-refractivity contribution is 5.65. The van der Waals surface area contributed by atoms with Crippen molar-refractivity contribution in [1.82, 2.24) is 5.32 Å². The molecule has 2 fully saturated rings. The first-order valence-electron chi connectivity index (χ1n) is 6.00. The van der Waals surface area contributed by atoms with Crippen molar-refractivity contribution in [2.45, 2.75) is 50.4 Å². The Kier molecular flexibility index (Phi) is 3.76. The SMILES string of the molecule is CC1(C)OC2[C@@H](OCCO)C[C@@H](NC(=O)O)[C@@H]2O1. The minimum absolute atomic E-state index is 0.0742. The maximum absolute atomic E-state index is 10.7. The number of hydrogen-bond donors (Lipinski definition) is 3. The van der Waals surface area contributed by atoms with Crippen molar-refractivity contribution in [2.24, 2.45) is 0 Å². The third-order valence-corrected chi connectivity index (χ3v) is 3.14. The second kappa shape index (κ2) is 5.00. The van der Waals surface area contributed by atoms with E-state index in [2.05, 4.69) is 5.32 Å². The van der Waals surface area contributed by atoms with Gasteiger partial charge in [-0.3, -0.25) is 0 Å². The molecule has 2 aliphatic rings. The zero-order valence-electron chi connectivity index (χ0n) is 10.5. The van der Waals surface area contributed by atoms with Crippen molar-refractivity contribution in [1.29, 1.82) is 0 Å². The van der Waals surface area contributed by atoms with E-state index in [1.165, 1.54) is 0 Å². The van der Waals surface area contributed by atoms with Gasteiger partial charge < -0.3 is 29.7 Å². The van der Waals surface area contributed by atoms with E-state index in [0.717, 1.165) is 0 Å². The number of carboxylic acid groups (broad SMARTS) is 1. The molecule has 1 aliphatic carbocycles. The minimum Gasteiger partial charge on any atom is -0.465 e. The van der Waals surface area contributed by atoms with Crippen molar-refractivity contribution >= 4 is 6.09 Å². The third-order valence-electron chi connectivity index (χ3n) is 3.14. The summed E-state index contributed by atoms with van der Waals surface area (Å²) < 4.78 is 16.9. The number of carbonyl (C=O) groups is 1. The molecule has 1 saturated heterocycles. The lowest BCUT2D eigenvalue weighted by Gasteiger charge is -2.23. The zero-order valence-corrected chi connectivity index (χ0v) is 10.5. The van der Waals surface area contributed by atoms with Crippen molar-refractivity contribution in [3.63, 3.8) is 0 Å². The lowest BCUT2D eigenvalue weighted by atomic mass is 10.2. The first kappa shape index (κ1) is 13.5.